The zero-order valence-corrected chi connectivity index (χ0v) is 21.4. The zero-order chi connectivity index (χ0) is 24.7. The van der Waals surface area contributed by atoms with Gasteiger partial charge < -0.3 is 14.7 Å². The lowest BCUT2D eigenvalue weighted by Gasteiger charge is -2.26. The molecule has 7 heteroatoms. The van der Waals surface area contributed by atoms with Crippen molar-refractivity contribution in [3.05, 3.63) is 98.6 Å². The van der Waals surface area contributed by atoms with E-state index in [4.69, 9.17) is 4.74 Å². The van der Waals surface area contributed by atoms with Crippen LogP contribution in [-0.4, -0.2) is 39.8 Å². The first-order valence-corrected chi connectivity index (χ1v) is 12.2. The summed E-state index contributed by atoms with van der Waals surface area (Å²) in [6.07, 6.45) is 0.699. The van der Waals surface area contributed by atoms with Crippen molar-refractivity contribution in [2.45, 2.75) is 26.3 Å². The standard InChI is InChI=1S/C28H26BrN3O3/c1-16-14-17(2)27(33)22(15-16)24-23-25(31-30-24)28(34)32(26(23)19-6-8-20(29)9-7-19)13-12-18-4-10-21(35-3)11-5-18/h4-11,14-15,26,33H,12-13H2,1-3H3,(H,30,31). The number of aromatic amines is 1. The normalized spacial score (nSPS) is 14.9. The molecule has 0 aliphatic carbocycles. The van der Waals surface area contributed by atoms with Gasteiger partial charge in [-0.2, -0.15) is 5.10 Å². The lowest BCUT2D eigenvalue weighted by atomic mass is 9.94. The minimum atomic E-state index is -0.321. The lowest BCUT2D eigenvalue weighted by molar-refractivity contribution is 0.0746. The summed E-state index contributed by atoms with van der Waals surface area (Å²) < 4.78 is 6.23. The maximum absolute atomic E-state index is 13.6. The molecule has 0 saturated heterocycles. The third-order valence-electron chi connectivity index (χ3n) is 6.55. The number of aryl methyl sites for hydroxylation is 2. The summed E-state index contributed by atoms with van der Waals surface area (Å²) >= 11 is 3.51. The van der Waals surface area contributed by atoms with Crippen molar-refractivity contribution < 1.29 is 14.6 Å². The number of rotatable bonds is 6. The molecule has 1 amide bonds. The Bertz CT molecular complexity index is 1390. The molecule has 0 bridgehead atoms. The smallest absolute Gasteiger partial charge is 0.273 e. The first-order valence-electron chi connectivity index (χ1n) is 11.5. The highest BCUT2D eigenvalue weighted by atomic mass is 79.9. The Labute approximate surface area is 212 Å². The van der Waals surface area contributed by atoms with Crippen LogP contribution >= 0.6 is 15.9 Å². The molecule has 35 heavy (non-hydrogen) atoms. The summed E-state index contributed by atoms with van der Waals surface area (Å²) in [4.78, 5) is 15.5. The predicted octanol–water partition coefficient (Wildman–Crippen LogP) is 5.96. The molecule has 0 fully saturated rings. The molecule has 1 aliphatic heterocycles. The fourth-order valence-electron chi connectivity index (χ4n) is 4.81. The van der Waals surface area contributed by atoms with Crippen LogP contribution < -0.4 is 4.74 Å². The van der Waals surface area contributed by atoms with Gasteiger partial charge in [0.1, 0.15) is 22.9 Å². The van der Waals surface area contributed by atoms with Gasteiger partial charge in [0.15, 0.2) is 0 Å². The SMILES string of the molecule is COc1ccc(CCN2C(=O)c3[nH]nc(-c4cc(C)cc(C)c4O)c3C2c2ccc(Br)cc2)cc1. The van der Waals surface area contributed by atoms with Gasteiger partial charge >= 0.3 is 0 Å². The maximum Gasteiger partial charge on any atom is 0.273 e. The molecule has 6 nitrogen and oxygen atoms in total. The fourth-order valence-corrected chi connectivity index (χ4v) is 5.07. The third-order valence-corrected chi connectivity index (χ3v) is 7.08. The quantitative estimate of drug-likeness (QED) is 0.321. The van der Waals surface area contributed by atoms with Crippen molar-refractivity contribution in [3.8, 4) is 22.8 Å². The second-order valence-electron chi connectivity index (χ2n) is 8.89. The number of nitrogens with zero attached hydrogens (tertiary/aromatic N) is 2. The molecule has 0 saturated carbocycles. The molecule has 178 valence electrons. The Balaban J connectivity index is 1.57. The second kappa shape index (κ2) is 9.23. The van der Waals surface area contributed by atoms with E-state index in [0.717, 1.165) is 38.0 Å². The van der Waals surface area contributed by atoms with Gasteiger partial charge in [0.2, 0.25) is 0 Å². The first kappa shape index (κ1) is 23.2. The molecule has 5 rings (SSSR count). The number of carbonyl (C=O) groups is 1. The Morgan fingerprint density at radius 3 is 2.49 bits per heavy atom. The average Bonchev–Trinajstić information content (AvgIpc) is 3.40. The molecule has 1 aliphatic rings. The average molecular weight is 532 g/mol. The molecule has 1 atom stereocenters. The van der Waals surface area contributed by atoms with Crippen molar-refractivity contribution in [2.24, 2.45) is 0 Å². The number of hydrogen-bond donors (Lipinski definition) is 2. The summed E-state index contributed by atoms with van der Waals surface area (Å²) in [7, 11) is 1.65. The predicted molar refractivity (Wildman–Crippen MR) is 139 cm³/mol. The number of nitrogens with one attached hydrogen (secondary N) is 1. The largest absolute Gasteiger partial charge is 0.507 e. The van der Waals surface area contributed by atoms with Gasteiger partial charge in [-0.05, 0) is 72.9 Å². The van der Waals surface area contributed by atoms with Crippen LogP contribution in [0.25, 0.3) is 11.3 Å². The van der Waals surface area contributed by atoms with Crippen LogP contribution in [0.1, 0.15) is 44.3 Å². The van der Waals surface area contributed by atoms with E-state index in [9.17, 15) is 9.90 Å². The van der Waals surface area contributed by atoms with Gasteiger partial charge in [-0.25, -0.2) is 0 Å². The van der Waals surface area contributed by atoms with E-state index in [0.29, 0.717) is 29.9 Å². The number of fused-ring (bicyclic) bond motifs is 1. The summed E-state index contributed by atoms with van der Waals surface area (Å²) in [5.41, 5.74) is 6.42. The number of ether oxygens (including phenoxy) is 1. The number of phenols is 1. The van der Waals surface area contributed by atoms with Crippen LogP contribution in [0.2, 0.25) is 0 Å². The van der Waals surface area contributed by atoms with E-state index in [2.05, 4.69) is 26.1 Å². The van der Waals surface area contributed by atoms with Crippen molar-refractivity contribution in [1.82, 2.24) is 15.1 Å². The molecule has 4 aromatic rings. The van der Waals surface area contributed by atoms with Gasteiger partial charge in [0.25, 0.3) is 5.91 Å². The van der Waals surface area contributed by atoms with Gasteiger partial charge in [0, 0.05) is 22.1 Å². The molecule has 1 aromatic heterocycles. The van der Waals surface area contributed by atoms with Crippen LogP contribution in [0.5, 0.6) is 11.5 Å². The third kappa shape index (κ3) is 4.21. The van der Waals surface area contributed by atoms with Crippen molar-refractivity contribution in [3.63, 3.8) is 0 Å². The van der Waals surface area contributed by atoms with E-state index in [1.54, 1.807) is 7.11 Å². The topological polar surface area (TPSA) is 78.5 Å². The van der Waals surface area contributed by atoms with Gasteiger partial charge in [0.05, 0.1) is 13.2 Å². The van der Waals surface area contributed by atoms with Gasteiger partial charge in [-0.3, -0.25) is 9.89 Å². The number of aromatic nitrogens is 2. The Morgan fingerprint density at radius 2 is 1.80 bits per heavy atom. The Morgan fingerprint density at radius 1 is 1.09 bits per heavy atom. The van der Waals surface area contributed by atoms with Crippen LogP contribution in [-0.2, 0) is 6.42 Å². The van der Waals surface area contributed by atoms with E-state index in [-0.39, 0.29) is 17.7 Å². The highest BCUT2D eigenvalue weighted by molar-refractivity contribution is 9.10. The number of hydrogen-bond acceptors (Lipinski definition) is 4. The lowest BCUT2D eigenvalue weighted by Crippen LogP contribution is -2.31. The highest BCUT2D eigenvalue weighted by Crippen LogP contribution is 2.45. The Kier molecular flexibility index (Phi) is 6.11. The monoisotopic (exact) mass is 531 g/mol. The summed E-state index contributed by atoms with van der Waals surface area (Å²) in [6.45, 7) is 4.39. The maximum atomic E-state index is 13.6. The van der Waals surface area contributed by atoms with E-state index < -0.39 is 0 Å². The molecule has 3 aromatic carbocycles. The van der Waals surface area contributed by atoms with Gasteiger partial charge in [-0.1, -0.05) is 46.3 Å². The fraction of sp³-hybridized carbons (Fsp3) is 0.214. The van der Waals surface area contributed by atoms with Crippen LogP contribution in [0.4, 0.5) is 0 Å². The van der Waals surface area contributed by atoms with E-state index in [1.807, 2.05) is 79.4 Å². The van der Waals surface area contributed by atoms with Crippen LogP contribution in [0, 0.1) is 13.8 Å². The van der Waals surface area contributed by atoms with E-state index >= 15 is 0 Å². The first-order chi connectivity index (χ1) is 16.9. The Hall–Kier alpha value is -3.58. The van der Waals surface area contributed by atoms with Crippen molar-refractivity contribution in [1.29, 1.82) is 0 Å². The second-order valence-corrected chi connectivity index (χ2v) is 9.81. The number of H-pyrrole nitrogens is 1. The molecule has 1 unspecified atom stereocenters. The molecular weight excluding hydrogens is 506 g/mol. The van der Waals surface area contributed by atoms with E-state index in [1.165, 1.54) is 0 Å². The summed E-state index contributed by atoms with van der Waals surface area (Å²) in [6, 6.07) is 19.4. The molecule has 2 heterocycles. The molecule has 0 spiro atoms. The summed E-state index contributed by atoms with van der Waals surface area (Å²) in [5, 5.41) is 18.4. The van der Waals surface area contributed by atoms with Crippen LogP contribution in [0.3, 0.4) is 0 Å². The van der Waals surface area contributed by atoms with Crippen molar-refractivity contribution >= 4 is 21.8 Å². The number of phenolic OH excluding ortho intramolecular Hbond substituents is 1. The number of amides is 1. The number of benzene rings is 3. The molecule has 2 N–H and O–H groups in total. The van der Waals surface area contributed by atoms with Crippen LogP contribution in [0.15, 0.2) is 65.1 Å². The van der Waals surface area contributed by atoms with Crippen molar-refractivity contribution in [2.75, 3.05) is 13.7 Å². The minimum Gasteiger partial charge on any atom is -0.507 e. The molecular formula is C28H26BrN3O3. The number of methoxy groups -OCH3 is 1. The highest BCUT2D eigenvalue weighted by Gasteiger charge is 2.42. The number of carbonyl (C=O) groups excluding carboxylic acids is 1. The molecule has 0 radical (unpaired) electrons. The minimum absolute atomic E-state index is 0.0935. The summed E-state index contributed by atoms with van der Waals surface area (Å²) in [5.74, 6) is 0.894. The number of halogens is 1. The van der Waals surface area contributed by atoms with Gasteiger partial charge in [-0.15, -0.1) is 0 Å². The zero-order valence-electron chi connectivity index (χ0n) is 19.8. The number of aromatic hydroxyl groups is 1.